The van der Waals surface area contributed by atoms with Gasteiger partial charge >= 0.3 is 0 Å². The van der Waals surface area contributed by atoms with E-state index in [0.29, 0.717) is 17.0 Å². The molecule has 0 saturated heterocycles. The number of carbonyl (C=O) groups excluding carboxylic acids is 1. The molecular weight excluding hydrogens is 315 g/mol. The molecule has 0 aliphatic rings. The van der Waals surface area contributed by atoms with Gasteiger partial charge in [-0.3, -0.25) is 4.79 Å². The van der Waals surface area contributed by atoms with E-state index in [-0.39, 0.29) is 22.6 Å². The highest BCUT2D eigenvalue weighted by Gasteiger charge is 2.13. The molecule has 0 unspecified atom stereocenters. The van der Waals surface area contributed by atoms with Crippen LogP contribution in [-0.2, 0) is 6.54 Å². The van der Waals surface area contributed by atoms with Crippen molar-refractivity contribution in [1.82, 2.24) is 0 Å². The fraction of sp³-hybridized carbons (Fsp3) is 0.154. The lowest BCUT2D eigenvalue weighted by Gasteiger charge is -2.08. The molecule has 2 aromatic rings. The lowest BCUT2D eigenvalue weighted by Crippen LogP contribution is -2.12. The van der Waals surface area contributed by atoms with Gasteiger partial charge in [-0.15, -0.1) is 0 Å². The van der Waals surface area contributed by atoms with E-state index in [1.807, 2.05) is 0 Å². The van der Waals surface area contributed by atoms with Crippen molar-refractivity contribution < 1.29 is 13.6 Å². The average molecular weight is 327 g/mol. The monoisotopic (exact) mass is 326 g/mol. The molecule has 1 amide bonds. The molecule has 6 heteroatoms. The average Bonchev–Trinajstić information content (AvgIpc) is 2.84. The van der Waals surface area contributed by atoms with E-state index in [1.54, 1.807) is 19.1 Å². The first-order chi connectivity index (χ1) is 9.01. The molecule has 0 aliphatic carbocycles. The molecule has 0 bridgehead atoms. The molecular formula is C13H12BrFN2O2. The normalized spacial score (nSPS) is 10.5. The van der Waals surface area contributed by atoms with E-state index in [0.717, 1.165) is 0 Å². The van der Waals surface area contributed by atoms with Gasteiger partial charge in [0, 0.05) is 5.69 Å². The second-order valence-corrected chi connectivity index (χ2v) is 4.86. The van der Waals surface area contributed by atoms with Crippen LogP contribution in [0.4, 0.5) is 10.1 Å². The first-order valence-electron chi connectivity index (χ1n) is 5.57. The SMILES string of the molecule is Cc1cc(F)c(Br)cc1NC(=O)c1ccc(CN)o1. The summed E-state index contributed by atoms with van der Waals surface area (Å²) in [5.74, 6) is -0.0809. The molecule has 0 saturated carbocycles. The molecule has 3 N–H and O–H groups in total. The second kappa shape index (κ2) is 5.54. The van der Waals surface area contributed by atoms with Crippen LogP contribution in [0.2, 0.25) is 0 Å². The Hall–Kier alpha value is -1.66. The van der Waals surface area contributed by atoms with Gasteiger partial charge in [0.1, 0.15) is 11.6 Å². The Bertz CT molecular complexity index is 625. The van der Waals surface area contributed by atoms with E-state index in [9.17, 15) is 9.18 Å². The third-order valence-corrected chi connectivity index (χ3v) is 3.21. The zero-order valence-corrected chi connectivity index (χ0v) is 11.8. The number of hydrogen-bond donors (Lipinski definition) is 2. The molecule has 2 rings (SSSR count). The maximum absolute atomic E-state index is 13.3. The number of aryl methyl sites for hydroxylation is 1. The molecule has 100 valence electrons. The maximum Gasteiger partial charge on any atom is 0.291 e. The Kier molecular flexibility index (Phi) is 4.01. The van der Waals surface area contributed by atoms with E-state index >= 15 is 0 Å². The van der Waals surface area contributed by atoms with Gasteiger partial charge in [-0.05, 0) is 52.7 Å². The van der Waals surface area contributed by atoms with Gasteiger partial charge in [0.25, 0.3) is 5.91 Å². The van der Waals surface area contributed by atoms with Gasteiger partial charge in [-0.25, -0.2) is 4.39 Å². The van der Waals surface area contributed by atoms with Crippen LogP contribution in [0, 0.1) is 12.7 Å². The summed E-state index contributed by atoms with van der Waals surface area (Å²) in [7, 11) is 0. The molecule has 0 aliphatic heterocycles. The Balaban J connectivity index is 2.21. The Morgan fingerprint density at radius 2 is 2.21 bits per heavy atom. The zero-order valence-electron chi connectivity index (χ0n) is 10.2. The van der Waals surface area contributed by atoms with Crippen LogP contribution in [-0.4, -0.2) is 5.91 Å². The number of furan rings is 1. The number of hydrogen-bond acceptors (Lipinski definition) is 3. The topological polar surface area (TPSA) is 68.3 Å². The molecule has 0 radical (unpaired) electrons. The molecule has 19 heavy (non-hydrogen) atoms. The first-order valence-corrected chi connectivity index (χ1v) is 6.36. The molecule has 0 atom stereocenters. The van der Waals surface area contributed by atoms with E-state index in [4.69, 9.17) is 10.2 Å². The molecule has 1 aromatic heterocycles. The van der Waals surface area contributed by atoms with Gasteiger partial charge in [-0.1, -0.05) is 0 Å². The van der Waals surface area contributed by atoms with Crippen molar-refractivity contribution in [3.63, 3.8) is 0 Å². The van der Waals surface area contributed by atoms with Crippen molar-refractivity contribution in [3.05, 3.63) is 51.6 Å². The number of benzene rings is 1. The number of nitrogens with one attached hydrogen (secondary N) is 1. The summed E-state index contributed by atoms with van der Waals surface area (Å²) in [5, 5.41) is 2.66. The van der Waals surface area contributed by atoms with Gasteiger partial charge in [0.15, 0.2) is 5.76 Å². The standard InChI is InChI=1S/C13H12BrFN2O2/c1-7-4-10(15)9(14)5-11(7)17-13(18)12-3-2-8(6-16)19-12/h2-5H,6,16H2,1H3,(H,17,18). The number of halogens is 2. The molecule has 1 aromatic carbocycles. The summed E-state index contributed by atoms with van der Waals surface area (Å²) >= 11 is 3.08. The van der Waals surface area contributed by atoms with Gasteiger partial charge in [0.2, 0.25) is 0 Å². The number of rotatable bonds is 3. The molecule has 0 spiro atoms. The third kappa shape index (κ3) is 3.02. The van der Waals surface area contributed by atoms with E-state index < -0.39 is 5.91 Å². The summed E-state index contributed by atoms with van der Waals surface area (Å²) in [6.45, 7) is 1.94. The number of nitrogens with two attached hydrogens (primary N) is 1. The minimum absolute atomic E-state index is 0.167. The Morgan fingerprint density at radius 1 is 1.47 bits per heavy atom. The lowest BCUT2D eigenvalue weighted by molar-refractivity contribution is 0.0995. The summed E-state index contributed by atoms with van der Waals surface area (Å²) in [4.78, 5) is 11.9. The van der Waals surface area contributed by atoms with Crippen LogP contribution in [0.25, 0.3) is 0 Å². The highest BCUT2D eigenvalue weighted by Crippen LogP contribution is 2.24. The summed E-state index contributed by atoms with van der Waals surface area (Å²) in [6.07, 6.45) is 0. The Morgan fingerprint density at radius 3 is 2.84 bits per heavy atom. The predicted octanol–water partition coefficient (Wildman–Crippen LogP) is 3.20. The van der Waals surface area contributed by atoms with Crippen molar-refractivity contribution in [2.75, 3.05) is 5.32 Å². The highest BCUT2D eigenvalue weighted by atomic mass is 79.9. The summed E-state index contributed by atoms with van der Waals surface area (Å²) in [5.41, 5.74) is 6.55. The van der Waals surface area contributed by atoms with E-state index in [2.05, 4.69) is 21.2 Å². The zero-order chi connectivity index (χ0) is 14.0. The highest BCUT2D eigenvalue weighted by molar-refractivity contribution is 9.10. The van der Waals surface area contributed by atoms with Crippen LogP contribution in [0.5, 0.6) is 0 Å². The smallest absolute Gasteiger partial charge is 0.291 e. The maximum atomic E-state index is 13.3. The molecule has 1 heterocycles. The summed E-state index contributed by atoms with van der Waals surface area (Å²) < 4.78 is 18.8. The van der Waals surface area contributed by atoms with E-state index in [1.165, 1.54) is 12.1 Å². The van der Waals surface area contributed by atoms with Crippen molar-refractivity contribution in [3.8, 4) is 0 Å². The van der Waals surface area contributed by atoms with Crippen LogP contribution < -0.4 is 11.1 Å². The van der Waals surface area contributed by atoms with Crippen molar-refractivity contribution in [2.45, 2.75) is 13.5 Å². The minimum atomic E-state index is -0.402. The van der Waals surface area contributed by atoms with Crippen molar-refractivity contribution in [1.29, 1.82) is 0 Å². The largest absolute Gasteiger partial charge is 0.455 e. The van der Waals surface area contributed by atoms with Gasteiger partial charge < -0.3 is 15.5 Å². The van der Waals surface area contributed by atoms with Crippen LogP contribution >= 0.6 is 15.9 Å². The lowest BCUT2D eigenvalue weighted by atomic mass is 10.2. The minimum Gasteiger partial charge on any atom is -0.455 e. The fourth-order valence-electron chi connectivity index (χ4n) is 1.57. The molecule has 4 nitrogen and oxygen atoms in total. The fourth-order valence-corrected chi connectivity index (χ4v) is 1.92. The number of anilines is 1. The molecule has 0 fully saturated rings. The van der Waals surface area contributed by atoms with Crippen molar-refractivity contribution >= 4 is 27.5 Å². The first kappa shape index (κ1) is 13.8. The number of amides is 1. The Labute approximate surface area is 117 Å². The van der Waals surface area contributed by atoms with Crippen molar-refractivity contribution in [2.24, 2.45) is 5.73 Å². The second-order valence-electron chi connectivity index (χ2n) is 4.01. The van der Waals surface area contributed by atoms with Gasteiger partial charge in [0.05, 0.1) is 11.0 Å². The predicted molar refractivity (Wildman–Crippen MR) is 73.4 cm³/mol. The summed E-state index contributed by atoms with van der Waals surface area (Å²) in [6, 6.07) is 6.04. The quantitative estimate of drug-likeness (QED) is 0.910. The third-order valence-electron chi connectivity index (χ3n) is 2.60. The van der Waals surface area contributed by atoms with Crippen LogP contribution in [0.15, 0.2) is 33.2 Å². The van der Waals surface area contributed by atoms with Crippen LogP contribution in [0.1, 0.15) is 21.9 Å². The van der Waals surface area contributed by atoms with Gasteiger partial charge in [-0.2, -0.15) is 0 Å². The van der Waals surface area contributed by atoms with Crippen LogP contribution in [0.3, 0.4) is 0 Å². The number of carbonyl (C=O) groups is 1.